The SMILES string of the molecule is Cn1cc2nc(Cl)nc(-c3c[nH]c4cnc(Br)cc34)c2n1. The van der Waals surface area contributed by atoms with Gasteiger partial charge >= 0.3 is 0 Å². The normalized spacial score (nSPS) is 11.6. The molecule has 0 bridgehead atoms. The summed E-state index contributed by atoms with van der Waals surface area (Å²) in [6, 6.07) is 1.94. The van der Waals surface area contributed by atoms with Crippen LogP contribution >= 0.6 is 27.5 Å². The van der Waals surface area contributed by atoms with Gasteiger partial charge < -0.3 is 4.98 Å². The molecule has 21 heavy (non-hydrogen) atoms. The molecule has 4 aromatic heterocycles. The van der Waals surface area contributed by atoms with E-state index in [1.165, 1.54) is 0 Å². The van der Waals surface area contributed by atoms with E-state index in [4.69, 9.17) is 11.6 Å². The van der Waals surface area contributed by atoms with Crippen molar-refractivity contribution in [1.82, 2.24) is 29.7 Å². The Bertz CT molecular complexity index is 989. The zero-order chi connectivity index (χ0) is 14.6. The van der Waals surface area contributed by atoms with Crippen molar-refractivity contribution in [2.45, 2.75) is 0 Å². The molecule has 0 saturated carbocycles. The molecule has 104 valence electrons. The van der Waals surface area contributed by atoms with Gasteiger partial charge in [-0.05, 0) is 33.6 Å². The van der Waals surface area contributed by atoms with Gasteiger partial charge in [0, 0.05) is 24.2 Å². The number of hydrogen-bond acceptors (Lipinski definition) is 4. The molecular weight excluding hydrogens is 356 g/mol. The Labute approximate surface area is 132 Å². The third-order valence-corrected chi connectivity index (χ3v) is 3.84. The Kier molecular flexibility index (Phi) is 2.73. The van der Waals surface area contributed by atoms with E-state index in [0.29, 0.717) is 5.69 Å². The van der Waals surface area contributed by atoms with E-state index < -0.39 is 0 Å². The molecular formula is C13H8BrClN6. The zero-order valence-corrected chi connectivity index (χ0v) is 13.1. The average molecular weight is 364 g/mol. The Hall–Kier alpha value is -1.99. The Balaban J connectivity index is 2.10. The van der Waals surface area contributed by atoms with Gasteiger partial charge in [0.1, 0.15) is 21.3 Å². The van der Waals surface area contributed by atoms with Crippen LogP contribution < -0.4 is 0 Å². The predicted molar refractivity (Wildman–Crippen MR) is 84.1 cm³/mol. The minimum absolute atomic E-state index is 0.202. The second-order valence-corrected chi connectivity index (χ2v) is 5.78. The first kappa shape index (κ1) is 12.7. The number of pyridine rings is 1. The molecule has 0 aliphatic carbocycles. The Morgan fingerprint density at radius 2 is 2.19 bits per heavy atom. The highest BCUT2D eigenvalue weighted by Gasteiger charge is 2.16. The number of aromatic nitrogens is 6. The summed E-state index contributed by atoms with van der Waals surface area (Å²) in [7, 11) is 1.84. The van der Waals surface area contributed by atoms with Gasteiger partial charge in [-0.2, -0.15) is 5.10 Å². The monoisotopic (exact) mass is 362 g/mol. The van der Waals surface area contributed by atoms with E-state index in [0.717, 1.165) is 32.1 Å². The lowest BCUT2D eigenvalue weighted by molar-refractivity contribution is 0.779. The maximum absolute atomic E-state index is 6.04. The maximum atomic E-state index is 6.04. The van der Waals surface area contributed by atoms with Gasteiger partial charge in [0.05, 0.1) is 17.9 Å². The fraction of sp³-hybridized carbons (Fsp3) is 0.0769. The second-order valence-electron chi connectivity index (χ2n) is 4.63. The van der Waals surface area contributed by atoms with Crippen LogP contribution in [-0.4, -0.2) is 29.7 Å². The molecule has 4 rings (SSSR count). The standard InChI is InChI=1S/C13H8BrClN6/c1-21-5-9-12(20-21)11(19-13(15)18-9)7-3-16-8-4-17-10(14)2-6(7)8/h2-5,16H,1H3. The van der Waals surface area contributed by atoms with E-state index in [-0.39, 0.29) is 5.28 Å². The first-order valence-electron chi connectivity index (χ1n) is 6.12. The van der Waals surface area contributed by atoms with E-state index >= 15 is 0 Å². The predicted octanol–water partition coefficient (Wildman–Crippen LogP) is 3.32. The molecule has 0 spiro atoms. The summed E-state index contributed by atoms with van der Waals surface area (Å²) in [6.45, 7) is 0. The number of fused-ring (bicyclic) bond motifs is 2. The lowest BCUT2D eigenvalue weighted by Gasteiger charge is -2.01. The highest BCUT2D eigenvalue weighted by atomic mass is 79.9. The highest BCUT2D eigenvalue weighted by Crippen LogP contribution is 2.32. The fourth-order valence-corrected chi connectivity index (χ4v) is 2.88. The zero-order valence-electron chi connectivity index (χ0n) is 10.8. The molecule has 8 heteroatoms. The van der Waals surface area contributed by atoms with E-state index in [2.05, 4.69) is 41.0 Å². The van der Waals surface area contributed by atoms with Gasteiger partial charge in [0.25, 0.3) is 0 Å². The largest absolute Gasteiger partial charge is 0.359 e. The van der Waals surface area contributed by atoms with Crippen LogP contribution in [0.25, 0.3) is 33.2 Å². The van der Waals surface area contributed by atoms with Crippen LogP contribution in [0, 0.1) is 0 Å². The van der Waals surface area contributed by atoms with E-state index in [1.54, 1.807) is 10.9 Å². The lowest BCUT2D eigenvalue weighted by atomic mass is 10.1. The molecule has 4 aromatic rings. The molecule has 0 saturated heterocycles. The molecule has 1 N–H and O–H groups in total. The molecule has 0 aromatic carbocycles. The minimum Gasteiger partial charge on any atom is -0.359 e. The number of hydrogen-bond donors (Lipinski definition) is 1. The van der Waals surface area contributed by atoms with Crippen LogP contribution in [0.5, 0.6) is 0 Å². The summed E-state index contributed by atoms with van der Waals surface area (Å²) >= 11 is 9.43. The number of H-pyrrole nitrogens is 1. The van der Waals surface area contributed by atoms with Gasteiger partial charge in [0.15, 0.2) is 0 Å². The molecule has 0 atom stereocenters. The molecule has 4 heterocycles. The average Bonchev–Trinajstić information content (AvgIpc) is 3.00. The number of aromatic amines is 1. The summed E-state index contributed by atoms with van der Waals surface area (Å²) in [4.78, 5) is 16.0. The molecule has 0 amide bonds. The van der Waals surface area contributed by atoms with Crippen LogP contribution in [0.3, 0.4) is 0 Å². The van der Waals surface area contributed by atoms with Crippen molar-refractivity contribution in [2.75, 3.05) is 0 Å². The van der Waals surface area contributed by atoms with Crippen LogP contribution in [0.1, 0.15) is 0 Å². The second kappa shape index (κ2) is 4.51. The summed E-state index contributed by atoms with van der Waals surface area (Å²) in [5, 5.41) is 5.63. The number of halogens is 2. The number of rotatable bonds is 1. The van der Waals surface area contributed by atoms with Crippen molar-refractivity contribution in [3.8, 4) is 11.3 Å². The smallest absolute Gasteiger partial charge is 0.223 e. The van der Waals surface area contributed by atoms with Crippen LogP contribution in [0.2, 0.25) is 5.28 Å². The van der Waals surface area contributed by atoms with Crippen LogP contribution in [-0.2, 0) is 7.05 Å². The van der Waals surface area contributed by atoms with Crippen molar-refractivity contribution < 1.29 is 0 Å². The van der Waals surface area contributed by atoms with Crippen molar-refractivity contribution in [3.05, 3.63) is 34.5 Å². The molecule has 0 radical (unpaired) electrons. The topological polar surface area (TPSA) is 72.3 Å². The third kappa shape index (κ3) is 2.00. The summed E-state index contributed by atoms with van der Waals surface area (Å²) in [5.74, 6) is 0. The van der Waals surface area contributed by atoms with Crippen molar-refractivity contribution >= 4 is 49.5 Å². The summed E-state index contributed by atoms with van der Waals surface area (Å²) in [6.07, 6.45) is 5.46. The van der Waals surface area contributed by atoms with Gasteiger partial charge in [-0.3, -0.25) is 4.68 Å². The van der Waals surface area contributed by atoms with Crippen molar-refractivity contribution in [3.63, 3.8) is 0 Å². The third-order valence-electron chi connectivity index (χ3n) is 3.24. The van der Waals surface area contributed by atoms with Gasteiger partial charge in [-0.15, -0.1) is 0 Å². The quantitative estimate of drug-likeness (QED) is 0.416. The van der Waals surface area contributed by atoms with Gasteiger partial charge in [-0.1, -0.05) is 0 Å². The summed E-state index contributed by atoms with van der Waals surface area (Å²) in [5.41, 5.74) is 3.98. The van der Waals surface area contributed by atoms with Gasteiger partial charge in [-0.25, -0.2) is 15.0 Å². The molecule has 0 unspecified atom stereocenters. The molecule has 0 aliphatic rings. The van der Waals surface area contributed by atoms with Gasteiger partial charge in [0.2, 0.25) is 5.28 Å². The highest BCUT2D eigenvalue weighted by molar-refractivity contribution is 9.10. The molecule has 0 aliphatic heterocycles. The number of nitrogens with one attached hydrogen (secondary N) is 1. The molecule has 6 nitrogen and oxygen atoms in total. The van der Waals surface area contributed by atoms with E-state index in [1.807, 2.05) is 25.5 Å². The van der Waals surface area contributed by atoms with Crippen LogP contribution in [0.15, 0.2) is 29.3 Å². The molecule has 0 fully saturated rings. The van der Waals surface area contributed by atoms with Crippen LogP contribution in [0.4, 0.5) is 0 Å². The number of nitrogens with zero attached hydrogens (tertiary/aromatic N) is 5. The van der Waals surface area contributed by atoms with Crippen molar-refractivity contribution in [1.29, 1.82) is 0 Å². The minimum atomic E-state index is 0.202. The van der Waals surface area contributed by atoms with Crippen molar-refractivity contribution in [2.24, 2.45) is 7.05 Å². The number of aryl methyl sites for hydroxylation is 1. The Morgan fingerprint density at radius 3 is 3.05 bits per heavy atom. The maximum Gasteiger partial charge on any atom is 0.223 e. The lowest BCUT2D eigenvalue weighted by Crippen LogP contribution is -1.90. The summed E-state index contributed by atoms with van der Waals surface area (Å²) < 4.78 is 2.46. The van der Waals surface area contributed by atoms with E-state index in [9.17, 15) is 0 Å². The Morgan fingerprint density at radius 1 is 1.33 bits per heavy atom. The fourth-order valence-electron chi connectivity index (χ4n) is 2.38. The first-order valence-corrected chi connectivity index (χ1v) is 7.29. The first-order chi connectivity index (χ1) is 10.1.